The molecule has 7 nitrogen and oxygen atoms in total. The number of anilines is 3. The molecule has 1 N–H and O–H groups in total. The molecule has 32 heavy (non-hydrogen) atoms. The zero-order valence-corrected chi connectivity index (χ0v) is 19.3. The average molecular weight is 454 g/mol. The van der Waals surface area contributed by atoms with Gasteiger partial charge in [-0.15, -0.1) is 0 Å². The Morgan fingerprint density at radius 3 is 2.12 bits per heavy atom. The molecular weight excluding hydrogens is 426 g/mol. The van der Waals surface area contributed by atoms with E-state index in [1.807, 2.05) is 68.4 Å². The molecule has 0 unspecified atom stereocenters. The Bertz CT molecular complexity index is 1160. The van der Waals surface area contributed by atoms with E-state index in [2.05, 4.69) is 5.32 Å². The third-order valence-corrected chi connectivity index (χ3v) is 6.59. The maximum Gasteiger partial charge on any atom is 0.264 e. The highest BCUT2D eigenvalue weighted by Crippen LogP contribution is 2.25. The van der Waals surface area contributed by atoms with Gasteiger partial charge in [0.1, 0.15) is 0 Å². The first-order valence-corrected chi connectivity index (χ1v) is 11.6. The van der Waals surface area contributed by atoms with E-state index in [0.717, 1.165) is 15.8 Å². The molecule has 0 spiro atoms. The lowest BCUT2D eigenvalue weighted by molar-refractivity contribution is -0.0258. The van der Waals surface area contributed by atoms with Crippen molar-refractivity contribution in [3.8, 4) is 0 Å². The number of nitrogens with zero attached hydrogens (tertiary/aromatic N) is 2. The van der Waals surface area contributed by atoms with E-state index in [-0.39, 0.29) is 22.4 Å². The molecule has 0 fully saturated rings. The lowest BCUT2D eigenvalue weighted by Gasteiger charge is -2.27. The molecule has 0 aliphatic carbocycles. The zero-order chi connectivity index (χ0) is 23.3. The predicted octanol–water partition coefficient (Wildman–Crippen LogP) is 4.67. The SMILES string of the molecule is CON(C)S(=O)(=O)c1cccc(C(=O)N(c2ccc(Nc3ccccc3)cc2)C(C)C)c1. The Kier molecular flexibility index (Phi) is 7.29. The van der Waals surface area contributed by atoms with Crippen LogP contribution in [0.2, 0.25) is 0 Å². The summed E-state index contributed by atoms with van der Waals surface area (Å²) in [5, 5.41) is 3.31. The molecule has 0 saturated carbocycles. The molecule has 0 saturated heterocycles. The third-order valence-electron chi connectivity index (χ3n) is 4.92. The van der Waals surface area contributed by atoms with Crippen molar-refractivity contribution < 1.29 is 18.0 Å². The number of para-hydroxylation sites is 1. The van der Waals surface area contributed by atoms with Gasteiger partial charge in [0.2, 0.25) is 0 Å². The molecule has 0 radical (unpaired) electrons. The first kappa shape index (κ1) is 23.5. The van der Waals surface area contributed by atoms with Gasteiger partial charge in [0, 0.05) is 35.7 Å². The Hall–Kier alpha value is -3.20. The average Bonchev–Trinajstić information content (AvgIpc) is 2.80. The Morgan fingerprint density at radius 2 is 1.53 bits per heavy atom. The summed E-state index contributed by atoms with van der Waals surface area (Å²) in [4.78, 5) is 19.8. The summed E-state index contributed by atoms with van der Waals surface area (Å²) >= 11 is 0. The highest BCUT2D eigenvalue weighted by atomic mass is 32.2. The zero-order valence-electron chi connectivity index (χ0n) is 18.5. The lowest BCUT2D eigenvalue weighted by Crippen LogP contribution is -2.37. The first-order chi connectivity index (χ1) is 15.2. The summed E-state index contributed by atoms with van der Waals surface area (Å²) in [6.45, 7) is 3.82. The third kappa shape index (κ3) is 5.16. The summed E-state index contributed by atoms with van der Waals surface area (Å²) in [6, 6.07) is 23.2. The van der Waals surface area contributed by atoms with E-state index >= 15 is 0 Å². The van der Waals surface area contributed by atoms with Crippen molar-refractivity contribution in [1.82, 2.24) is 4.47 Å². The largest absolute Gasteiger partial charge is 0.356 e. The van der Waals surface area contributed by atoms with E-state index in [0.29, 0.717) is 5.69 Å². The predicted molar refractivity (Wildman–Crippen MR) is 127 cm³/mol. The summed E-state index contributed by atoms with van der Waals surface area (Å²) in [6.07, 6.45) is 0. The van der Waals surface area contributed by atoms with Crippen LogP contribution < -0.4 is 10.2 Å². The van der Waals surface area contributed by atoms with Gasteiger partial charge in [-0.1, -0.05) is 28.7 Å². The van der Waals surface area contributed by atoms with E-state index < -0.39 is 10.0 Å². The molecule has 0 aliphatic heterocycles. The van der Waals surface area contributed by atoms with E-state index in [1.54, 1.807) is 17.0 Å². The molecule has 3 aromatic carbocycles. The topological polar surface area (TPSA) is 79.0 Å². The van der Waals surface area contributed by atoms with Gasteiger partial charge in [-0.25, -0.2) is 8.42 Å². The van der Waals surface area contributed by atoms with Crippen LogP contribution in [-0.4, -0.2) is 39.0 Å². The monoisotopic (exact) mass is 453 g/mol. The van der Waals surface area contributed by atoms with Crippen LogP contribution in [0.15, 0.2) is 83.8 Å². The Morgan fingerprint density at radius 1 is 0.906 bits per heavy atom. The number of hydrogen-bond donors (Lipinski definition) is 1. The fourth-order valence-electron chi connectivity index (χ4n) is 3.22. The molecule has 3 rings (SSSR count). The number of rotatable bonds is 8. The van der Waals surface area contributed by atoms with Gasteiger partial charge in [0.05, 0.1) is 12.0 Å². The molecule has 0 bridgehead atoms. The molecule has 0 atom stereocenters. The quantitative estimate of drug-likeness (QED) is 0.502. The number of carbonyl (C=O) groups is 1. The highest BCUT2D eigenvalue weighted by molar-refractivity contribution is 7.89. The van der Waals surface area contributed by atoms with Crippen molar-refractivity contribution >= 4 is 33.0 Å². The second kappa shape index (κ2) is 9.95. The normalized spacial score (nSPS) is 11.6. The minimum atomic E-state index is -3.86. The molecule has 168 valence electrons. The number of carbonyl (C=O) groups excluding carboxylic acids is 1. The molecular formula is C24H27N3O4S. The molecule has 0 aliphatic rings. The fourth-order valence-corrected chi connectivity index (χ4v) is 4.24. The van der Waals surface area contributed by atoms with Gasteiger partial charge in [-0.2, -0.15) is 0 Å². The van der Waals surface area contributed by atoms with Crippen molar-refractivity contribution in [1.29, 1.82) is 0 Å². The van der Waals surface area contributed by atoms with E-state index in [9.17, 15) is 13.2 Å². The maximum atomic E-state index is 13.4. The summed E-state index contributed by atoms with van der Waals surface area (Å²) < 4.78 is 25.9. The number of hydrogen-bond acceptors (Lipinski definition) is 5. The van der Waals surface area contributed by atoms with Gasteiger partial charge in [0.15, 0.2) is 0 Å². The van der Waals surface area contributed by atoms with Gasteiger partial charge < -0.3 is 10.2 Å². The molecule has 0 aromatic heterocycles. The van der Waals surface area contributed by atoms with Crippen molar-refractivity contribution in [3.05, 3.63) is 84.4 Å². The van der Waals surface area contributed by atoms with Gasteiger partial charge in [-0.3, -0.25) is 9.63 Å². The van der Waals surface area contributed by atoms with Gasteiger partial charge >= 0.3 is 0 Å². The fraction of sp³-hybridized carbons (Fsp3) is 0.208. The number of benzene rings is 3. The number of amides is 1. The van der Waals surface area contributed by atoms with Crippen molar-refractivity contribution in [2.45, 2.75) is 24.8 Å². The highest BCUT2D eigenvalue weighted by Gasteiger charge is 2.25. The van der Waals surface area contributed by atoms with E-state index in [4.69, 9.17) is 4.84 Å². The second-order valence-corrected chi connectivity index (χ2v) is 9.37. The van der Waals surface area contributed by atoms with Gasteiger partial charge in [-0.05, 0) is 68.4 Å². The standard InChI is InChI=1S/C24H27N3O4S/c1-18(2)27(22-15-13-21(14-16-22)25-20-10-6-5-7-11-20)24(28)19-9-8-12-23(17-19)32(29,30)26(3)31-4/h5-18,25H,1-4H3. The number of sulfonamides is 1. The second-order valence-electron chi connectivity index (χ2n) is 7.43. The number of nitrogens with one attached hydrogen (secondary N) is 1. The summed E-state index contributed by atoms with van der Waals surface area (Å²) in [7, 11) is -1.29. The van der Waals surface area contributed by atoms with Gasteiger partial charge in [0.25, 0.3) is 15.9 Å². The van der Waals surface area contributed by atoms with Crippen LogP contribution in [0.1, 0.15) is 24.2 Å². The molecule has 1 amide bonds. The van der Waals surface area contributed by atoms with Crippen LogP contribution in [0.5, 0.6) is 0 Å². The van der Waals surface area contributed by atoms with Crippen molar-refractivity contribution in [2.24, 2.45) is 0 Å². The van der Waals surface area contributed by atoms with Crippen LogP contribution in [0.25, 0.3) is 0 Å². The molecule has 0 heterocycles. The van der Waals surface area contributed by atoms with Crippen molar-refractivity contribution in [2.75, 3.05) is 24.4 Å². The lowest BCUT2D eigenvalue weighted by atomic mass is 10.1. The summed E-state index contributed by atoms with van der Waals surface area (Å²) in [5.74, 6) is -0.291. The number of hydroxylamine groups is 1. The Labute approximate surface area is 189 Å². The molecule has 8 heteroatoms. The maximum absolute atomic E-state index is 13.4. The van der Waals surface area contributed by atoms with Crippen LogP contribution in [0.3, 0.4) is 0 Å². The van der Waals surface area contributed by atoms with Crippen molar-refractivity contribution in [3.63, 3.8) is 0 Å². The minimum Gasteiger partial charge on any atom is -0.356 e. The van der Waals surface area contributed by atoms with E-state index in [1.165, 1.54) is 26.3 Å². The molecule has 3 aromatic rings. The van der Waals surface area contributed by atoms with Crippen LogP contribution in [-0.2, 0) is 14.9 Å². The Balaban J connectivity index is 1.88. The minimum absolute atomic E-state index is 0.0150. The van der Waals surface area contributed by atoms with Crippen LogP contribution in [0, 0.1) is 0 Å². The first-order valence-electron chi connectivity index (χ1n) is 10.1. The smallest absolute Gasteiger partial charge is 0.264 e. The summed E-state index contributed by atoms with van der Waals surface area (Å²) in [5.41, 5.74) is 2.85. The van der Waals surface area contributed by atoms with Crippen LogP contribution in [0.4, 0.5) is 17.1 Å². The van der Waals surface area contributed by atoms with Crippen LogP contribution >= 0.6 is 0 Å².